The summed E-state index contributed by atoms with van der Waals surface area (Å²) in [7, 11) is 4.56. The highest BCUT2D eigenvalue weighted by Crippen LogP contribution is 2.38. The quantitative estimate of drug-likeness (QED) is 0.0941. The maximum Gasteiger partial charge on any atom is 0.338 e. The number of ether oxygens (including phenoxy) is 5. The van der Waals surface area contributed by atoms with Crippen molar-refractivity contribution in [3.8, 4) is 23.0 Å². The summed E-state index contributed by atoms with van der Waals surface area (Å²) < 4.78 is 30.1. The van der Waals surface area contributed by atoms with Crippen molar-refractivity contribution in [2.45, 2.75) is 19.6 Å². The number of thiazole rings is 1. The van der Waals surface area contributed by atoms with Gasteiger partial charge in [-0.25, -0.2) is 9.79 Å². The van der Waals surface area contributed by atoms with Gasteiger partial charge < -0.3 is 23.7 Å². The lowest BCUT2D eigenvalue weighted by Crippen LogP contribution is -2.40. The summed E-state index contributed by atoms with van der Waals surface area (Å²) in [4.78, 5) is 43.9. The van der Waals surface area contributed by atoms with Gasteiger partial charge in [-0.05, 0) is 66.1 Å². The molecule has 0 amide bonds. The maximum absolute atomic E-state index is 14.3. The van der Waals surface area contributed by atoms with E-state index in [0.717, 1.165) is 5.56 Å². The number of benzene rings is 4. The molecule has 0 saturated heterocycles. The minimum atomic E-state index is -0.901. The lowest BCUT2D eigenvalue weighted by atomic mass is 9.93. The van der Waals surface area contributed by atoms with Crippen LogP contribution >= 0.6 is 11.3 Å². The van der Waals surface area contributed by atoms with Gasteiger partial charge in [0.15, 0.2) is 27.8 Å². The molecule has 0 N–H and O–H groups in total. The van der Waals surface area contributed by atoms with Crippen LogP contribution in [0.25, 0.3) is 11.8 Å². The molecule has 1 atom stereocenters. The largest absolute Gasteiger partial charge is 0.493 e. The number of rotatable bonds is 12. The van der Waals surface area contributed by atoms with Crippen LogP contribution in [-0.2, 0) is 16.1 Å². The molecule has 51 heavy (non-hydrogen) atoms. The molecule has 2 heterocycles. The summed E-state index contributed by atoms with van der Waals surface area (Å²) in [6, 6.07) is 25.0. The predicted molar refractivity (Wildman–Crippen MR) is 191 cm³/mol. The van der Waals surface area contributed by atoms with Gasteiger partial charge in [0.25, 0.3) is 11.2 Å². The number of fused-ring (bicyclic) bond motifs is 1. The van der Waals surface area contributed by atoms with Crippen LogP contribution in [0, 0.1) is 10.1 Å². The molecule has 0 fully saturated rings. The van der Waals surface area contributed by atoms with Crippen LogP contribution < -0.4 is 33.8 Å². The first-order valence-electron chi connectivity index (χ1n) is 15.8. The molecule has 0 radical (unpaired) electrons. The molecule has 6 rings (SSSR count). The van der Waals surface area contributed by atoms with Crippen LogP contribution in [0.4, 0.5) is 5.69 Å². The Morgan fingerprint density at radius 1 is 0.902 bits per heavy atom. The molecule has 13 heteroatoms. The lowest BCUT2D eigenvalue weighted by Gasteiger charge is -2.26. The second kappa shape index (κ2) is 15.1. The first kappa shape index (κ1) is 34.6. The zero-order valence-corrected chi connectivity index (χ0v) is 29.0. The van der Waals surface area contributed by atoms with Gasteiger partial charge in [-0.2, -0.15) is 0 Å². The summed E-state index contributed by atoms with van der Waals surface area (Å²) in [5.41, 5.74) is 2.95. The number of non-ortho nitro benzene ring substituents is 1. The number of hydrogen-bond acceptors (Lipinski definition) is 11. The van der Waals surface area contributed by atoms with Crippen molar-refractivity contribution in [3.63, 3.8) is 0 Å². The fourth-order valence-corrected chi connectivity index (χ4v) is 6.70. The van der Waals surface area contributed by atoms with Gasteiger partial charge in [-0.15, -0.1) is 0 Å². The van der Waals surface area contributed by atoms with Crippen molar-refractivity contribution in [1.82, 2.24) is 4.57 Å². The van der Waals surface area contributed by atoms with Crippen LogP contribution in [-0.4, -0.2) is 43.4 Å². The summed E-state index contributed by atoms with van der Waals surface area (Å²) in [5.74, 6) is 1.21. The van der Waals surface area contributed by atoms with Crippen molar-refractivity contribution in [2.24, 2.45) is 4.99 Å². The van der Waals surface area contributed by atoms with Gasteiger partial charge in [0.05, 0.1) is 54.7 Å². The molecule has 1 aromatic heterocycles. The van der Waals surface area contributed by atoms with E-state index < -0.39 is 16.9 Å². The molecule has 4 aromatic carbocycles. The molecule has 1 aliphatic rings. The molecular formula is C38H33N3O9S. The summed E-state index contributed by atoms with van der Waals surface area (Å²) in [6.07, 6.45) is 1.73. The molecule has 1 aliphatic heterocycles. The maximum atomic E-state index is 14.3. The average molecular weight is 708 g/mol. The Morgan fingerprint density at radius 2 is 1.59 bits per heavy atom. The molecule has 0 saturated carbocycles. The van der Waals surface area contributed by atoms with Gasteiger partial charge in [-0.1, -0.05) is 53.8 Å². The highest BCUT2D eigenvalue weighted by molar-refractivity contribution is 7.07. The third kappa shape index (κ3) is 7.10. The second-order valence-electron chi connectivity index (χ2n) is 11.2. The Labute approximate surface area is 296 Å². The third-order valence-electron chi connectivity index (χ3n) is 8.12. The first-order valence-corrected chi connectivity index (χ1v) is 16.6. The normalized spacial score (nSPS) is 14.0. The Bertz CT molecular complexity index is 2310. The Balaban J connectivity index is 1.46. The molecule has 260 valence electrons. The molecule has 12 nitrogen and oxygen atoms in total. The lowest BCUT2D eigenvalue weighted by molar-refractivity contribution is -0.384. The van der Waals surface area contributed by atoms with E-state index in [2.05, 4.69) is 0 Å². The SMILES string of the molecule is CCOC(=O)C1=C(c2ccccc2)N=c2s/c(=C\c3ccc(OCc4ccc([N+](=O)[O-])cc4)c(OC)c3)c(=O)n2[C@@H]1c1ccc(OC)c(OC)c1. The predicted octanol–water partition coefficient (Wildman–Crippen LogP) is 5.45. The van der Waals surface area contributed by atoms with E-state index in [1.807, 2.05) is 30.3 Å². The fourth-order valence-electron chi connectivity index (χ4n) is 5.70. The van der Waals surface area contributed by atoms with Crippen LogP contribution in [0.1, 0.15) is 35.2 Å². The molecule has 0 aliphatic carbocycles. The monoisotopic (exact) mass is 707 g/mol. The summed E-state index contributed by atoms with van der Waals surface area (Å²) in [5, 5.41) is 11.0. The van der Waals surface area contributed by atoms with E-state index >= 15 is 0 Å². The Morgan fingerprint density at radius 3 is 2.25 bits per heavy atom. The van der Waals surface area contributed by atoms with Crippen molar-refractivity contribution in [3.05, 3.63) is 149 Å². The van der Waals surface area contributed by atoms with Gasteiger partial charge in [-0.3, -0.25) is 19.5 Å². The van der Waals surface area contributed by atoms with E-state index in [1.165, 1.54) is 49.4 Å². The topological polar surface area (TPSA) is 141 Å². The zero-order chi connectivity index (χ0) is 36.1. The van der Waals surface area contributed by atoms with Crippen molar-refractivity contribution < 1.29 is 33.4 Å². The van der Waals surface area contributed by atoms with E-state index in [0.29, 0.717) is 54.7 Å². The number of carbonyl (C=O) groups is 1. The molecule has 5 aromatic rings. The van der Waals surface area contributed by atoms with Crippen molar-refractivity contribution in [2.75, 3.05) is 27.9 Å². The number of nitro benzene ring substituents is 1. The van der Waals surface area contributed by atoms with Crippen LogP contribution in [0.15, 0.2) is 106 Å². The van der Waals surface area contributed by atoms with Crippen LogP contribution in [0.2, 0.25) is 0 Å². The number of nitrogens with zero attached hydrogens (tertiary/aromatic N) is 3. The van der Waals surface area contributed by atoms with Crippen molar-refractivity contribution >= 4 is 34.8 Å². The van der Waals surface area contributed by atoms with Crippen LogP contribution in [0.3, 0.4) is 0 Å². The van der Waals surface area contributed by atoms with E-state index in [9.17, 15) is 19.7 Å². The molecule has 0 spiro atoms. The number of nitro groups is 1. The Kier molecular flexibility index (Phi) is 10.3. The molecule has 0 bridgehead atoms. The highest BCUT2D eigenvalue weighted by Gasteiger charge is 2.35. The minimum absolute atomic E-state index is 0.00517. The van der Waals surface area contributed by atoms with Crippen molar-refractivity contribution in [1.29, 1.82) is 0 Å². The van der Waals surface area contributed by atoms with Gasteiger partial charge in [0, 0.05) is 17.7 Å². The highest BCUT2D eigenvalue weighted by atomic mass is 32.1. The van der Waals surface area contributed by atoms with E-state index in [1.54, 1.807) is 61.5 Å². The van der Waals surface area contributed by atoms with E-state index in [-0.39, 0.29) is 30.0 Å². The summed E-state index contributed by atoms with van der Waals surface area (Å²) >= 11 is 1.19. The first-order chi connectivity index (χ1) is 24.8. The Hall–Kier alpha value is -6.21. The van der Waals surface area contributed by atoms with Gasteiger partial charge in [0.1, 0.15) is 6.61 Å². The standard InChI is InChI=1S/C38H33N3O9S/c1-5-49-37(43)33-34(25-9-7-6-8-10-25)39-38-40(35(33)26-14-18-28(46-2)31(21-26)48-4)36(42)32(51-38)20-24-13-17-29(30(19-24)47-3)50-22-23-11-15-27(16-12-23)41(44)45/h6-21,35H,5,22H2,1-4H3/b32-20-/t35-/m1/s1. The number of hydrogen-bond donors (Lipinski definition) is 0. The third-order valence-corrected chi connectivity index (χ3v) is 9.11. The molecular weight excluding hydrogens is 674 g/mol. The number of aromatic nitrogens is 1. The number of methoxy groups -OCH3 is 3. The smallest absolute Gasteiger partial charge is 0.338 e. The number of esters is 1. The van der Waals surface area contributed by atoms with Crippen LogP contribution in [0.5, 0.6) is 23.0 Å². The minimum Gasteiger partial charge on any atom is -0.493 e. The van der Waals surface area contributed by atoms with Gasteiger partial charge in [0.2, 0.25) is 0 Å². The van der Waals surface area contributed by atoms with Gasteiger partial charge >= 0.3 is 5.97 Å². The second-order valence-corrected chi connectivity index (χ2v) is 12.2. The fraction of sp³-hybridized carbons (Fsp3) is 0.184. The molecule has 0 unspecified atom stereocenters. The van der Waals surface area contributed by atoms with E-state index in [4.69, 9.17) is 28.7 Å². The average Bonchev–Trinajstić information content (AvgIpc) is 3.47. The zero-order valence-electron chi connectivity index (χ0n) is 28.2. The summed E-state index contributed by atoms with van der Waals surface area (Å²) in [6.45, 7) is 2.01. The number of carbonyl (C=O) groups excluding carboxylic acids is 1.